The van der Waals surface area contributed by atoms with E-state index in [0.29, 0.717) is 17.9 Å². The molecule has 1 aliphatic rings. The van der Waals surface area contributed by atoms with Gasteiger partial charge in [-0.15, -0.1) is 0 Å². The first-order valence-corrected chi connectivity index (χ1v) is 11.7. The molecule has 0 N–H and O–H groups in total. The van der Waals surface area contributed by atoms with Crippen molar-refractivity contribution < 1.29 is 13.2 Å². The minimum atomic E-state index is -3.85. The molecule has 0 amide bonds. The van der Waals surface area contributed by atoms with Crippen LogP contribution in [0, 0.1) is 6.92 Å². The summed E-state index contributed by atoms with van der Waals surface area (Å²) in [6, 6.07) is 21.5. The van der Waals surface area contributed by atoms with Crippen molar-refractivity contribution in [3.63, 3.8) is 0 Å². The van der Waals surface area contributed by atoms with Crippen molar-refractivity contribution in [1.82, 2.24) is 4.41 Å². The first kappa shape index (κ1) is 20.6. The molecule has 1 aliphatic heterocycles. The maximum atomic E-state index is 13.5. The minimum absolute atomic E-state index is 0.215. The van der Waals surface area contributed by atoms with Gasteiger partial charge in [-0.3, -0.25) is 0 Å². The summed E-state index contributed by atoms with van der Waals surface area (Å²) in [5.41, 5.74) is 3.37. The number of aryl methyl sites for hydroxylation is 1. The van der Waals surface area contributed by atoms with E-state index in [1.54, 1.807) is 31.4 Å². The van der Waals surface area contributed by atoms with Crippen LogP contribution < -0.4 is 4.74 Å². The first-order valence-electron chi connectivity index (χ1n) is 9.47. The molecule has 4 rings (SSSR count). The van der Waals surface area contributed by atoms with E-state index < -0.39 is 16.1 Å². The fourth-order valence-electron chi connectivity index (χ4n) is 3.54. The van der Waals surface area contributed by atoms with Crippen molar-refractivity contribution >= 4 is 31.7 Å². The number of ether oxygens (including phenoxy) is 1. The van der Waals surface area contributed by atoms with Crippen LogP contribution in [0.15, 0.2) is 87.3 Å². The zero-order valence-corrected chi connectivity index (χ0v) is 19.0. The van der Waals surface area contributed by atoms with Gasteiger partial charge >= 0.3 is 0 Å². The highest BCUT2D eigenvalue weighted by Gasteiger charge is 2.39. The topological polar surface area (TPSA) is 59.0 Å². The Balaban J connectivity index is 1.84. The molecule has 1 atom stereocenters. The highest BCUT2D eigenvalue weighted by atomic mass is 79.9. The Morgan fingerprint density at radius 1 is 1.03 bits per heavy atom. The summed E-state index contributed by atoms with van der Waals surface area (Å²) in [6.07, 6.45) is 0.446. The van der Waals surface area contributed by atoms with Crippen LogP contribution in [0.25, 0.3) is 0 Å². The summed E-state index contributed by atoms with van der Waals surface area (Å²) in [4.78, 5) is 0.215. The SMILES string of the molecule is COc1ccccc1[C@@H]1CC(c2cccc(Br)c2)=NN1S(=O)(=O)c1ccc(C)cc1. The van der Waals surface area contributed by atoms with Crippen molar-refractivity contribution in [2.75, 3.05) is 7.11 Å². The predicted octanol–water partition coefficient (Wildman–Crippen LogP) is 5.31. The van der Waals surface area contributed by atoms with Gasteiger partial charge in [0.25, 0.3) is 10.0 Å². The average Bonchev–Trinajstić information content (AvgIpc) is 3.20. The second-order valence-electron chi connectivity index (χ2n) is 7.11. The van der Waals surface area contributed by atoms with Crippen LogP contribution >= 0.6 is 15.9 Å². The van der Waals surface area contributed by atoms with Crippen LogP contribution in [0.3, 0.4) is 0 Å². The summed E-state index contributed by atoms with van der Waals surface area (Å²) in [5, 5.41) is 4.59. The quantitative estimate of drug-likeness (QED) is 0.493. The normalized spacial score (nSPS) is 16.4. The molecule has 7 heteroatoms. The summed E-state index contributed by atoms with van der Waals surface area (Å²) >= 11 is 3.48. The van der Waals surface area contributed by atoms with E-state index in [0.717, 1.165) is 21.2 Å². The molecule has 0 fully saturated rings. The molecule has 0 aromatic heterocycles. The molecule has 154 valence electrons. The molecule has 0 radical (unpaired) electrons. The van der Waals surface area contributed by atoms with E-state index in [1.807, 2.05) is 55.5 Å². The number of benzene rings is 3. The Morgan fingerprint density at radius 2 is 1.77 bits per heavy atom. The van der Waals surface area contributed by atoms with Crippen LogP contribution in [0.4, 0.5) is 0 Å². The molecule has 0 bridgehead atoms. The predicted molar refractivity (Wildman–Crippen MR) is 121 cm³/mol. The molecule has 0 spiro atoms. The molecule has 0 aliphatic carbocycles. The third-order valence-electron chi connectivity index (χ3n) is 5.09. The van der Waals surface area contributed by atoms with E-state index in [1.165, 1.54) is 4.41 Å². The number of sulfonamides is 1. The lowest BCUT2D eigenvalue weighted by molar-refractivity contribution is 0.350. The highest BCUT2D eigenvalue weighted by molar-refractivity contribution is 9.10. The van der Waals surface area contributed by atoms with Gasteiger partial charge in [0.05, 0.1) is 23.8 Å². The number of para-hydroxylation sites is 1. The van der Waals surface area contributed by atoms with Gasteiger partial charge in [0.1, 0.15) is 5.75 Å². The number of halogens is 1. The van der Waals surface area contributed by atoms with Crippen molar-refractivity contribution in [2.45, 2.75) is 24.3 Å². The average molecular weight is 485 g/mol. The van der Waals surface area contributed by atoms with Crippen LogP contribution in [-0.2, 0) is 10.0 Å². The molecule has 3 aromatic carbocycles. The zero-order valence-electron chi connectivity index (χ0n) is 16.6. The number of nitrogens with zero attached hydrogens (tertiary/aromatic N) is 2. The maximum absolute atomic E-state index is 13.5. The Bertz CT molecular complexity index is 1210. The largest absolute Gasteiger partial charge is 0.496 e. The molecule has 5 nitrogen and oxygen atoms in total. The van der Waals surface area contributed by atoms with Crippen molar-refractivity contribution in [1.29, 1.82) is 0 Å². The lowest BCUT2D eigenvalue weighted by Gasteiger charge is -2.24. The third kappa shape index (κ3) is 3.87. The fraction of sp³-hybridized carbons (Fsp3) is 0.174. The molecular formula is C23H21BrN2O3S. The van der Waals surface area contributed by atoms with Crippen molar-refractivity contribution in [3.8, 4) is 5.75 Å². The maximum Gasteiger partial charge on any atom is 0.279 e. The Labute approximate surface area is 185 Å². The van der Waals surface area contributed by atoms with Crippen LogP contribution in [0.5, 0.6) is 5.75 Å². The van der Waals surface area contributed by atoms with Crippen LogP contribution in [0.1, 0.15) is 29.2 Å². The number of hydrogen-bond donors (Lipinski definition) is 0. The van der Waals surface area contributed by atoms with Crippen molar-refractivity contribution in [2.24, 2.45) is 5.10 Å². The van der Waals surface area contributed by atoms with E-state index in [-0.39, 0.29) is 4.90 Å². The number of hydrogen-bond acceptors (Lipinski definition) is 4. The van der Waals surface area contributed by atoms with Gasteiger partial charge in [0.2, 0.25) is 0 Å². The van der Waals surface area contributed by atoms with E-state index in [9.17, 15) is 8.42 Å². The molecule has 1 heterocycles. The Hall–Kier alpha value is -2.64. The van der Waals surface area contributed by atoms with Gasteiger partial charge in [0, 0.05) is 16.5 Å². The number of rotatable bonds is 5. The van der Waals surface area contributed by atoms with Gasteiger partial charge in [-0.2, -0.15) is 17.9 Å². The lowest BCUT2D eigenvalue weighted by Crippen LogP contribution is -2.27. The van der Waals surface area contributed by atoms with Gasteiger partial charge in [-0.05, 0) is 42.8 Å². The van der Waals surface area contributed by atoms with Crippen molar-refractivity contribution in [3.05, 3.63) is 94.0 Å². The fourth-order valence-corrected chi connectivity index (χ4v) is 5.37. The summed E-state index contributed by atoms with van der Waals surface area (Å²) < 4.78 is 34.7. The van der Waals surface area contributed by atoms with Gasteiger partial charge in [-0.25, -0.2) is 0 Å². The number of methoxy groups -OCH3 is 1. The molecule has 0 unspecified atom stereocenters. The zero-order chi connectivity index (χ0) is 21.3. The Morgan fingerprint density at radius 3 is 2.47 bits per heavy atom. The van der Waals surface area contributed by atoms with E-state index in [4.69, 9.17) is 4.74 Å². The Kier molecular flexibility index (Phi) is 5.66. The lowest BCUT2D eigenvalue weighted by atomic mass is 9.98. The van der Waals surface area contributed by atoms with E-state index in [2.05, 4.69) is 21.0 Å². The molecule has 0 saturated carbocycles. The summed E-state index contributed by atoms with van der Waals surface area (Å²) in [5.74, 6) is 0.636. The number of hydrazone groups is 1. The molecule has 0 saturated heterocycles. The first-order chi connectivity index (χ1) is 14.4. The molecular weight excluding hydrogens is 464 g/mol. The van der Waals surface area contributed by atoms with Gasteiger partial charge in [-0.1, -0.05) is 64.0 Å². The monoisotopic (exact) mass is 484 g/mol. The standard InChI is InChI=1S/C23H21BrN2O3S/c1-16-10-12-19(13-11-16)30(27,28)26-22(20-8-3-4-9-23(20)29-2)15-21(25-26)17-6-5-7-18(24)14-17/h3-14,22H,15H2,1-2H3/t22-/m0/s1. The smallest absolute Gasteiger partial charge is 0.279 e. The van der Waals surface area contributed by atoms with Gasteiger partial charge < -0.3 is 4.74 Å². The second kappa shape index (κ2) is 8.24. The molecule has 30 heavy (non-hydrogen) atoms. The summed E-state index contributed by atoms with van der Waals surface area (Å²) in [7, 11) is -2.26. The van der Waals surface area contributed by atoms with Crippen LogP contribution in [0.2, 0.25) is 0 Å². The van der Waals surface area contributed by atoms with Crippen LogP contribution in [-0.4, -0.2) is 25.7 Å². The summed E-state index contributed by atoms with van der Waals surface area (Å²) in [6.45, 7) is 1.92. The second-order valence-corrected chi connectivity index (χ2v) is 9.82. The minimum Gasteiger partial charge on any atom is -0.496 e. The van der Waals surface area contributed by atoms with E-state index >= 15 is 0 Å². The third-order valence-corrected chi connectivity index (χ3v) is 7.28. The highest BCUT2D eigenvalue weighted by Crippen LogP contribution is 2.40. The van der Waals surface area contributed by atoms with Gasteiger partial charge in [0.15, 0.2) is 0 Å². The molecule has 3 aromatic rings.